The van der Waals surface area contributed by atoms with Crippen molar-refractivity contribution in [1.29, 1.82) is 0 Å². The Hall–Kier alpha value is -1.93. The van der Waals surface area contributed by atoms with E-state index in [2.05, 4.69) is 5.32 Å². The topological polar surface area (TPSA) is 86.8 Å². The number of piperidine rings is 2. The first-order valence-corrected chi connectivity index (χ1v) is 12.5. The van der Waals surface area contributed by atoms with Gasteiger partial charge in [0.1, 0.15) is 0 Å². The number of carbonyl (C=O) groups excluding carboxylic acids is 2. The Balaban J connectivity index is 1.48. The highest BCUT2D eigenvalue weighted by Crippen LogP contribution is 2.27. The standard InChI is InChI=1S/C22H31N3O4S/c1-16-6-2-3-13-25(16)30(28,29)20-9-4-7-17(14-20)22(27)24-12-5-8-18(15-24)21(26)23-19-10-11-19/h4,7,9,14,16,18-19H,2-3,5-6,8,10-13,15H2,1H3,(H,23,26). The van der Waals surface area contributed by atoms with Crippen LogP contribution in [0, 0.1) is 5.92 Å². The third-order valence-corrected chi connectivity index (χ3v) is 8.44. The second kappa shape index (κ2) is 8.67. The molecular weight excluding hydrogens is 402 g/mol. The highest BCUT2D eigenvalue weighted by Gasteiger charge is 2.34. The van der Waals surface area contributed by atoms with Gasteiger partial charge >= 0.3 is 0 Å². The van der Waals surface area contributed by atoms with E-state index in [-0.39, 0.29) is 28.7 Å². The van der Waals surface area contributed by atoms with Gasteiger partial charge in [-0.05, 0) is 63.6 Å². The van der Waals surface area contributed by atoms with Gasteiger partial charge in [0.15, 0.2) is 0 Å². The van der Waals surface area contributed by atoms with Crippen LogP contribution < -0.4 is 5.32 Å². The number of hydrogen-bond donors (Lipinski definition) is 1. The lowest BCUT2D eigenvalue weighted by molar-refractivity contribution is -0.126. The van der Waals surface area contributed by atoms with Gasteiger partial charge in [0.2, 0.25) is 15.9 Å². The summed E-state index contributed by atoms with van der Waals surface area (Å²) >= 11 is 0. The van der Waals surface area contributed by atoms with Crippen LogP contribution in [0.3, 0.4) is 0 Å². The van der Waals surface area contributed by atoms with Crippen molar-refractivity contribution >= 4 is 21.8 Å². The highest BCUT2D eigenvalue weighted by molar-refractivity contribution is 7.89. The SMILES string of the molecule is CC1CCCCN1S(=O)(=O)c1cccc(C(=O)N2CCCC(C(=O)NC3CC3)C2)c1. The molecule has 4 rings (SSSR count). The van der Waals surface area contributed by atoms with Crippen molar-refractivity contribution in [3.63, 3.8) is 0 Å². The molecule has 0 bridgehead atoms. The highest BCUT2D eigenvalue weighted by atomic mass is 32.2. The van der Waals surface area contributed by atoms with Crippen LogP contribution in [-0.4, -0.2) is 61.2 Å². The van der Waals surface area contributed by atoms with E-state index in [1.54, 1.807) is 27.4 Å². The maximum atomic E-state index is 13.1. The largest absolute Gasteiger partial charge is 0.353 e. The Bertz CT molecular complexity index is 913. The maximum absolute atomic E-state index is 13.1. The van der Waals surface area contributed by atoms with Crippen LogP contribution in [-0.2, 0) is 14.8 Å². The summed E-state index contributed by atoms with van der Waals surface area (Å²) in [5.41, 5.74) is 0.365. The van der Waals surface area contributed by atoms with E-state index in [0.29, 0.717) is 31.2 Å². The normalized spacial score (nSPS) is 25.7. The summed E-state index contributed by atoms with van der Waals surface area (Å²) in [5.74, 6) is -0.363. The van der Waals surface area contributed by atoms with Gasteiger partial charge in [-0.1, -0.05) is 12.5 Å². The number of carbonyl (C=O) groups is 2. The zero-order valence-electron chi connectivity index (χ0n) is 17.5. The molecule has 0 radical (unpaired) electrons. The van der Waals surface area contributed by atoms with Crippen molar-refractivity contribution in [3.8, 4) is 0 Å². The van der Waals surface area contributed by atoms with Crippen molar-refractivity contribution < 1.29 is 18.0 Å². The number of benzene rings is 1. The molecule has 2 heterocycles. The Morgan fingerprint density at radius 2 is 1.83 bits per heavy atom. The molecule has 1 N–H and O–H groups in total. The predicted molar refractivity (Wildman–Crippen MR) is 113 cm³/mol. The lowest BCUT2D eigenvalue weighted by Crippen LogP contribution is -2.46. The zero-order valence-corrected chi connectivity index (χ0v) is 18.4. The van der Waals surface area contributed by atoms with Crippen LogP contribution in [0.2, 0.25) is 0 Å². The van der Waals surface area contributed by atoms with Crippen molar-refractivity contribution in [2.24, 2.45) is 5.92 Å². The van der Waals surface area contributed by atoms with Crippen LogP contribution >= 0.6 is 0 Å². The zero-order chi connectivity index (χ0) is 21.3. The van der Waals surface area contributed by atoms with Gasteiger partial charge in [0, 0.05) is 37.3 Å². The fourth-order valence-corrected chi connectivity index (χ4v) is 6.20. The summed E-state index contributed by atoms with van der Waals surface area (Å²) in [6.07, 6.45) is 6.39. The van der Waals surface area contributed by atoms with Crippen molar-refractivity contribution in [3.05, 3.63) is 29.8 Å². The fraction of sp³-hybridized carbons (Fsp3) is 0.636. The van der Waals surface area contributed by atoms with Crippen molar-refractivity contribution in [2.75, 3.05) is 19.6 Å². The first-order chi connectivity index (χ1) is 14.4. The average Bonchev–Trinajstić information content (AvgIpc) is 3.57. The third kappa shape index (κ3) is 4.54. The molecule has 2 atom stereocenters. The van der Waals surface area contributed by atoms with Crippen molar-refractivity contribution in [2.45, 2.75) is 68.8 Å². The lowest BCUT2D eigenvalue weighted by atomic mass is 9.96. The van der Waals surface area contributed by atoms with Crippen molar-refractivity contribution in [1.82, 2.24) is 14.5 Å². The van der Waals surface area contributed by atoms with E-state index in [1.165, 1.54) is 6.07 Å². The summed E-state index contributed by atoms with van der Waals surface area (Å²) in [6.45, 7) is 3.43. The Labute approximate surface area is 178 Å². The second-order valence-corrected chi connectivity index (χ2v) is 10.8. The minimum absolute atomic E-state index is 0.0315. The molecule has 2 saturated heterocycles. The molecule has 1 aromatic carbocycles. The number of nitrogens with one attached hydrogen (secondary N) is 1. The van der Waals surface area contributed by atoms with Gasteiger partial charge in [-0.3, -0.25) is 9.59 Å². The van der Waals surface area contributed by atoms with Gasteiger partial charge in [0.05, 0.1) is 10.8 Å². The third-order valence-electron chi connectivity index (χ3n) is 6.43. The Kier molecular flexibility index (Phi) is 6.16. The summed E-state index contributed by atoms with van der Waals surface area (Å²) in [7, 11) is -3.63. The summed E-state index contributed by atoms with van der Waals surface area (Å²) in [6, 6.07) is 6.63. The first kappa shape index (κ1) is 21.3. The first-order valence-electron chi connectivity index (χ1n) is 11.1. The minimum atomic E-state index is -3.63. The average molecular weight is 434 g/mol. The fourth-order valence-electron chi connectivity index (χ4n) is 4.46. The molecule has 1 aliphatic carbocycles. The number of rotatable bonds is 5. The van der Waals surface area contributed by atoms with Gasteiger partial charge < -0.3 is 10.2 Å². The molecule has 2 amide bonds. The van der Waals surface area contributed by atoms with Crippen LogP contribution in [0.4, 0.5) is 0 Å². The van der Waals surface area contributed by atoms with Gasteiger partial charge in [0.25, 0.3) is 5.91 Å². The van der Waals surface area contributed by atoms with E-state index >= 15 is 0 Å². The Morgan fingerprint density at radius 1 is 1.03 bits per heavy atom. The molecule has 2 aliphatic heterocycles. The number of nitrogens with zero attached hydrogens (tertiary/aromatic N) is 2. The monoisotopic (exact) mass is 433 g/mol. The quantitative estimate of drug-likeness (QED) is 0.772. The number of amides is 2. The van der Waals surface area contributed by atoms with E-state index in [9.17, 15) is 18.0 Å². The van der Waals surface area contributed by atoms with E-state index in [1.807, 2.05) is 6.92 Å². The van der Waals surface area contributed by atoms with Crippen LogP contribution in [0.1, 0.15) is 62.2 Å². The molecule has 2 unspecified atom stereocenters. The number of likely N-dealkylation sites (tertiary alicyclic amines) is 1. The summed E-state index contributed by atoms with van der Waals surface area (Å²) in [4.78, 5) is 27.4. The molecule has 0 aromatic heterocycles. The smallest absolute Gasteiger partial charge is 0.253 e. The van der Waals surface area contributed by atoms with Gasteiger partial charge in [-0.25, -0.2) is 8.42 Å². The van der Waals surface area contributed by atoms with E-state index < -0.39 is 10.0 Å². The van der Waals surface area contributed by atoms with Gasteiger partial charge in [-0.2, -0.15) is 4.31 Å². The van der Waals surface area contributed by atoms with E-state index in [4.69, 9.17) is 0 Å². The Morgan fingerprint density at radius 3 is 2.57 bits per heavy atom. The number of sulfonamides is 1. The minimum Gasteiger partial charge on any atom is -0.353 e. The molecule has 3 aliphatic rings. The van der Waals surface area contributed by atoms with E-state index in [0.717, 1.165) is 44.9 Å². The molecule has 164 valence electrons. The second-order valence-electron chi connectivity index (χ2n) is 8.86. The number of hydrogen-bond acceptors (Lipinski definition) is 4. The molecule has 1 saturated carbocycles. The molecule has 1 aromatic rings. The van der Waals surface area contributed by atoms with Crippen LogP contribution in [0.15, 0.2) is 29.2 Å². The molecule has 8 heteroatoms. The van der Waals surface area contributed by atoms with Gasteiger partial charge in [-0.15, -0.1) is 0 Å². The van der Waals surface area contributed by atoms with Crippen LogP contribution in [0.5, 0.6) is 0 Å². The molecule has 0 spiro atoms. The molecule has 30 heavy (non-hydrogen) atoms. The van der Waals surface area contributed by atoms with Crippen LogP contribution in [0.25, 0.3) is 0 Å². The molecule has 7 nitrogen and oxygen atoms in total. The summed E-state index contributed by atoms with van der Waals surface area (Å²) < 4.78 is 27.8. The lowest BCUT2D eigenvalue weighted by Gasteiger charge is -2.33. The maximum Gasteiger partial charge on any atom is 0.253 e. The predicted octanol–water partition coefficient (Wildman–Crippen LogP) is 2.38. The summed E-state index contributed by atoms with van der Waals surface area (Å²) in [5, 5.41) is 3.03. The molecule has 3 fully saturated rings. The molecular formula is C22H31N3O4S.